The van der Waals surface area contributed by atoms with Crippen LogP contribution in [-0.4, -0.2) is 36.4 Å². The van der Waals surface area contributed by atoms with Gasteiger partial charge in [0, 0.05) is 19.7 Å². The van der Waals surface area contributed by atoms with E-state index in [9.17, 15) is 4.79 Å². The van der Waals surface area contributed by atoms with Crippen LogP contribution in [-0.2, 0) is 9.53 Å². The molecule has 0 aliphatic rings. The standard InChI is InChI=1S/C10H21NO3/c1-7(9(12)13)8(2)11-6-10(3,4)14-5/h7-8,11H,6H2,1-5H3,(H,12,13). The van der Waals surface area contributed by atoms with Gasteiger partial charge in [-0.05, 0) is 20.8 Å². The van der Waals surface area contributed by atoms with Gasteiger partial charge in [-0.25, -0.2) is 0 Å². The Hall–Kier alpha value is -0.610. The van der Waals surface area contributed by atoms with Crippen molar-refractivity contribution in [1.82, 2.24) is 5.32 Å². The van der Waals surface area contributed by atoms with Gasteiger partial charge in [-0.3, -0.25) is 4.79 Å². The highest BCUT2D eigenvalue weighted by Crippen LogP contribution is 2.08. The number of carbonyl (C=O) groups is 1. The highest BCUT2D eigenvalue weighted by molar-refractivity contribution is 5.70. The van der Waals surface area contributed by atoms with Crippen LogP contribution in [0.3, 0.4) is 0 Å². The molecule has 2 N–H and O–H groups in total. The number of ether oxygens (including phenoxy) is 1. The first-order chi connectivity index (χ1) is 6.30. The minimum absolute atomic E-state index is 0.0538. The molecular weight excluding hydrogens is 182 g/mol. The van der Waals surface area contributed by atoms with E-state index in [2.05, 4.69) is 5.32 Å². The lowest BCUT2D eigenvalue weighted by Gasteiger charge is -2.27. The van der Waals surface area contributed by atoms with Gasteiger partial charge >= 0.3 is 5.97 Å². The fourth-order valence-electron chi connectivity index (χ4n) is 0.870. The van der Waals surface area contributed by atoms with Gasteiger partial charge in [-0.2, -0.15) is 0 Å². The molecule has 0 saturated heterocycles. The summed E-state index contributed by atoms with van der Waals surface area (Å²) >= 11 is 0. The van der Waals surface area contributed by atoms with Crippen molar-refractivity contribution in [1.29, 1.82) is 0 Å². The minimum atomic E-state index is -0.778. The van der Waals surface area contributed by atoms with E-state index < -0.39 is 5.97 Å². The summed E-state index contributed by atoms with van der Waals surface area (Å²) in [4.78, 5) is 10.7. The molecular formula is C10H21NO3. The molecule has 0 rings (SSSR count). The number of methoxy groups -OCH3 is 1. The Labute approximate surface area is 85.6 Å². The molecule has 84 valence electrons. The molecule has 4 heteroatoms. The zero-order valence-corrected chi connectivity index (χ0v) is 9.63. The summed E-state index contributed by atoms with van der Waals surface area (Å²) in [5.41, 5.74) is -0.257. The van der Waals surface area contributed by atoms with Crippen LogP contribution in [0.4, 0.5) is 0 Å². The molecule has 0 aliphatic carbocycles. The first kappa shape index (κ1) is 13.4. The van der Waals surface area contributed by atoms with Crippen molar-refractivity contribution in [3.8, 4) is 0 Å². The van der Waals surface area contributed by atoms with E-state index in [0.717, 1.165) is 0 Å². The van der Waals surface area contributed by atoms with Crippen LogP contribution in [0.2, 0.25) is 0 Å². The first-order valence-corrected chi connectivity index (χ1v) is 4.81. The maximum Gasteiger partial charge on any atom is 0.307 e. The lowest BCUT2D eigenvalue weighted by Crippen LogP contribution is -2.44. The van der Waals surface area contributed by atoms with Crippen molar-refractivity contribution in [3.05, 3.63) is 0 Å². The van der Waals surface area contributed by atoms with E-state index in [1.54, 1.807) is 14.0 Å². The third kappa shape index (κ3) is 4.58. The average Bonchev–Trinajstić information content (AvgIpc) is 2.13. The van der Waals surface area contributed by atoms with Crippen molar-refractivity contribution in [3.63, 3.8) is 0 Å². The summed E-state index contributed by atoms with van der Waals surface area (Å²) < 4.78 is 5.22. The minimum Gasteiger partial charge on any atom is -0.481 e. The van der Waals surface area contributed by atoms with Crippen LogP contribution in [0, 0.1) is 5.92 Å². The van der Waals surface area contributed by atoms with Gasteiger partial charge in [-0.15, -0.1) is 0 Å². The van der Waals surface area contributed by atoms with Crippen LogP contribution in [0.15, 0.2) is 0 Å². The summed E-state index contributed by atoms with van der Waals surface area (Å²) in [6, 6.07) is -0.0538. The Balaban J connectivity index is 3.96. The summed E-state index contributed by atoms with van der Waals surface area (Å²) in [7, 11) is 1.65. The molecule has 0 heterocycles. The molecule has 0 fully saturated rings. The molecule has 2 unspecified atom stereocenters. The normalized spacial score (nSPS) is 16.4. The van der Waals surface area contributed by atoms with E-state index in [1.165, 1.54) is 0 Å². The lowest BCUT2D eigenvalue weighted by molar-refractivity contribution is -0.142. The Bertz CT molecular complexity index is 192. The lowest BCUT2D eigenvalue weighted by atomic mass is 10.0. The van der Waals surface area contributed by atoms with Crippen LogP contribution < -0.4 is 5.32 Å². The second-order valence-electron chi connectivity index (χ2n) is 4.26. The maximum absolute atomic E-state index is 10.7. The van der Waals surface area contributed by atoms with Crippen LogP contribution in [0.25, 0.3) is 0 Å². The third-order valence-electron chi connectivity index (χ3n) is 2.54. The fraction of sp³-hybridized carbons (Fsp3) is 0.900. The number of nitrogens with one attached hydrogen (secondary N) is 1. The maximum atomic E-state index is 10.7. The first-order valence-electron chi connectivity index (χ1n) is 4.81. The van der Waals surface area contributed by atoms with E-state index >= 15 is 0 Å². The number of hydrogen-bond donors (Lipinski definition) is 2. The second-order valence-corrected chi connectivity index (χ2v) is 4.26. The van der Waals surface area contributed by atoms with E-state index in [0.29, 0.717) is 6.54 Å². The summed E-state index contributed by atoms with van der Waals surface area (Å²) in [6.45, 7) is 8.11. The Morgan fingerprint density at radius 3 is 2.36 bits per heavy atom. The van der Waals surface area contributed by atoms with Crippen LogP contribution >= 0.6 is 0 Å². The molecule has 0 aromatic heterocycles. The van der Waals surface area contributed by atoms with Gasteiger partial charge < -0.3 is 15.2 Å². The topological polar surface area (TPSA) is 58.6 Å². The molecule has 4 nitrogen and oxygen atoms in total. The van der Waals surface area contributed by atoms with Gasteiger partial charge in [0.25, 0.3) is 0 Å². The monoisotopic (exact) mass is 203 g/mol. The van der Waals surface area contributed by atoms with Gasteiger partial charge in [0.05, 0.1) is 11.5 Å². The van der Waals surface area contributed by atoms with E-state index in [-0.39, 0.29) is 17.6 Å². The summed E-state index contributed by atoms with van der Waals surface area (Å²) in [5, 5.41) is 11.9. The van der Waals surface area contributed by atoms with Gasteiger partial charge in [-0.1, -0.05) is 6.92 Å². The number of carboxylic acid groups (broad SMARTS) is 1. The smallest absolute Gasteiger partial charge is 0.307 e. The fourth-order valence-corrected chi connectivity index (χ4v) is 0.870. The predicted molar refractivity (Wildman–Crippen MR) is 55.4 cm³/mol. The van der Waals surface area contributed by atoms with Crippen LogP contribution in [0.5, 0.6) is 0 Å². The number of hydrogen-bond acceptors (Lipinski definition) is 3. The third-order valence-corrected chi connectivity index (χ3v) is 2.54. The predicted octanol–water partition coefficient (Wildman–Crippen LogP) is 1.11. The van der Waals surface area contributed by atoms with E-state index in [1.807, 2.05) is 20.8 Å². The number of carboxylic acids is 1. The molecule has 0 radical (unpaired) electrons. The number of rotatable bonds is 6. The largest absolute Gasteiger partial charge is 0.481 e. The highest BCUT2D eigenvalue weighted by Gasteiger charge is 2.22. The van der Waals surface area contributed by atoms with Crippen molar-refractivity contribution >= 4 is 5.97 Å². The summed E-state index contributed by atoms with van der Waals surface area (Å²) in [6.07, 6.45) is 0. The SMILES string of the molecule is COC(C)(C)CNC(C)C(C)C(=O)O. The molecule has 0 bridgehead atoms. The molecule has 0 amide bonds. The molecule has 2 atom stereocenters. The van der Waals surface area contributed by atoms with E-state index in [4.69, 9.17) is 9.84 Å². The van der Waals surface area contributed by atoms with Crippen molar-refractivity contribution in [2.24, 2.45) is 5.92 Å². The highest BCUT2D eigenvalue weighted by atomic mass is 16.5. The molecule has 0 saturated carbocycles. The Kier molecular flexibility index (Phi) is 5.08. The van der Waals surface area contributed by atoms with Crippen molar-refractivity contribution in [2.75, 3.05) is 13.7 Å². The zero-order valence-electron chi connectivity index (χ0n) is 9.63. The van der Waals surface area contributed by atoms with Gasteiger partial charge in [0.2, 0.25) is 0 Å². The van der Waals surface area contributed by atoms with Crippen molar-refractivity contribution in [2.45, 2.75) is 39.3 Å². The molecule has 0 aliphatic heterocycles. The van der Waals surface area contributed by atoms with Gasteiger partial charge in [0.15, 0.2) is 0 Å². The zero-order chi connectivity index (χ0) is 11.4. The molecule has 0 spiro atoms. The molecule has 14 heavy (non-hydrogen) atoms. The second kappa shape index (κ2) is 5.32. The quantitative estimate of drug-likeness (QED) is 0.679. The van der Waals surface area contributed by atoms with Gasteiger partial charge in [0.1, 0.15) is 0 Å². The average molecular weight is 203 g/mol. The summed E-state index contributed by atoms with van der Waals surface area (Å²) in [5.74, 6) is -1.16. The molecule has 0 aromatic carbocycles. The Morgan fingerprint density at radius 2 is 2.00 bits per heavy atom. The number of aliphatic carboxylic acids is 1. The Morgan fingerprint density at radius 1 is 1.50 bits per heavy atom. The molecule has 0 aromatic rings. The van der Waals surface area contributed by atoms with Crippen LogP contribution in [0.1, 0.15) is 27.7 Å². The van der Waals surface area contributed by atoms with Crippen molar-refractivity contribution < 1.29 is 14.6 Å².